The van der Waals surface area contributed by atoms with Crippen molar-refractivity contribution in [1.29, 1.82) is 0 Å². The summed E-state index contributed by atoms with van der Waals surface area (Å²) in [5.74, 6) is 0.232. The van der Waals surface area contributed by atoms with Gasteiger partial charge in [0.05, 0.1) is 10.6 Å². The number of sulfonamides is 1. The zero-order valence-corrected chi connectivity index (χ0v) is 13.8. The minimum absolute atomic E-state index is 0.211. The summed E-state index contributed by atoms with van der Waals surface area (Å²) >= 11 is 5.94. The van der Waals surface area contributed by atoms with E-state index in [2.05, 4.69) is 4.72 Å². The maximum Gasteiger partial charge on any atom is 0.261 e. The molecule has 3 nitrogen and oxygen atoms in total. The van der Waals surface area contributed by atoms with Crippen LogP contribution in [0.5, 0.6) is 0 Å². The lowest BCUT2D eigenvalue weighted by Gasteiger charge is -2.15. The fraction of sp³-hybridized carbons (Fsp3) is 0.250. The smallest absolute Gasteiger partial charge is 0.261 e. The maximum absolute atomic E-state index is 12.5. The fourth-order valence-corrected chi connectivity index (χ4v) is 3.37. The van der Waals surface area contributed by atoms with Crippen LogP contribution in [0.15, 0.2) is 47.4 Å². The molecule has 0 aliphatic heterocycles. The Bertz CT molecular complexity index is 755. The maximum atomic E-state index is 12.5. The predicted octanol–water partition coefficient (Wildman–Crippen LogP) is 4.57. The quantitative estimate of drug-likeness (QED) is 0.895. The lowest BCUT2D eigenvalue weighted by Crippen LogP contribution is -2.14. The van der Waals surface area contributed by atoms with Crippen molar-refractivity contribution in [2.24, 2.45) is 0 Å². The van der Waals surface area contributed by atoms with Crippen molar-refractivity contribution in [3.05, 3.63) is 58.6 Å². The number of anilines is 1. The van der Waals surface area contributed by atoms with E-state index in [1.165, 1.54) is 6.07 Å². The summed E-state index contributed by atoms with van der Waals surface area (Å²) in [6, 6.07) is 12.1. The van der Waals surface area contributed by atoms with E-state index < -0.39 is 10.0 Å². The van der Waals surface area contributed by atoms with Gasteiger partial charge in [0, 0.05) is 5.02 Å². The number of para-hydroxylation sites is 1. The van der Waals surface area contributed by atoms with Crippen LogP contribution < -0.4 is 4.72 Å². The highest BCUT2D eigenvalue weighted by Crippen LogP contribution is 2.27. The molecule has 2 rings (SSSR count). The highest BCUT2D eigenvalue weighted by Gasteiger charge is 2.17. The molecule has 2 aromatic rings. The number of hydrogen-bond acceptors (Lipinski definition) is 2. The van der Waals surface area contributed by atoms with Crippen molar-refractivity contribution in [3.63, 3.8) is 0 Å². The standard InChI is InChI=1S/C16H18ClNO2S/c1-11(2)14-6-4-5-7-16(14)18-21(19,20)13-8-9-15(17)12(3)10-13/h4-11,18H,1-3H3. The molecule has 5 heteroatoms. The molecule has 0 fully saturated rings. The Hall–Kier alpha value is -1.52. The van der Waals surface area contributed by atoms with Gasteiger partial charge in [-0.15, -0.1) is 0 Å². The van der Waals surface area contributed by atoms with Gasteiger partial charge in [-0.25, -0.2) is 8.42 Å². The Morgan fingerprint density at radius 3 is 2.38 bits per heavy atom. The summed E-state index contributed by atoms with van der Waals surface area (Å²) < 4.78 is 27.6. The molecule has 0 aliphatic rings. The first kappa shape index (κ1) is 15.9. The summed E-state index contributed by atoms with van der Waals surface area (Å²) in [6.45, 7) is 5.84. The van der Waals surface area contributed by atoms with Gasteiger partial charge in [-0.2, -0.15) is 0 Å². The van der Waals surface area contributed by atoms with E-state index in [-0.39, 0.29) is 10.8 Å². The van der Waals surface area contributed by atoms with Gasteiger partial charge in [-0.3, -0.25) is 4.72 Å². The van der Waals surface area contributed by atoms with E-state index >= 15 is 0 Å². The van der Waals surface area contributed by atoms with E-state index in [1.54, 1.807) is 25.1 Å². The summed E-state index contributed by atoms with van der Waals surface area (Å²) in [6.07, 6.45) is 0. The van der Waals surface area contributed by atoms with Crippen LogP contribution in [0.1, 0.15) is 30.9 Å². The van der Waals surface area contributed by atoms with E-state index in [4.69, 9.17) is 11.6 Å². The van der Waals surface area contributed by atoms with Gasteiger partial charge in [0.15, 0.2) is 0 Å². The number of halogens is 1. The molecule has 0 amide bonds. The van der Waals surface area contributed by atoms with E-state index in [0.29, 0.717) is 10.7 Å². The minimum Gasteiger partial charge on any atom is -0.279 e. The summed E-state index contributed by atoms with van der Waals surface area (Å²) in [5, 5.41) is 0.552. The molecule has 0 aromatic heterocycles. The second-order valence-corrected chi connectivity index (χ2v) is 7.35. The van der Waals surface area contributed by atoms with Gasteiger partial charge < -0.3 is 0 Å². The SMILES string of the molecule is Cc1cc(S(=O)(=O)Nc2ccccc2C(C)C)ccc1Cl. The first-order valence-electron chi connectivity index (χ1n) is 6.69. The second-order valence-electron chi connectivity index (χ2n) is 5.26. The summed E-state index contributed by atoms with van der Waals surface area (Å²) in [4.78, 5) is 0.211. The molecular formula is C16H18ClNO2S. The molecule has 0 spiro atoms. The van der Waals surface area contributed by atoms with Crippen molar-refractivity contribution in [2.45, 2.75) is 31.6 Å². The average Bonchev–Trinajstić information content (AvgIpc) is 2.41. The Morgan fingerprint density at radius 2 is 1.76 bits per heavy atom. The van der Waals surface area contributed by atoms with Crippen LogP contribution in [-0.4, -0.2) is 8.42 Å². The Morgan fingerprint density at radius 1 is 1.10 bits per heavy atom. The molecule has 0 saturated carbocycles. The number of benzene rings is 2. The van der Waals surface area contributed by atoms with Crippen LogP contribution in [-0.2, 0) is 10.0 Å². The van der Waals surface area contributed by atoms with Gasteiger partial charge >= 0.3 is 0 Å². The first-order chi connectivity index (χ1) is 9.81. The molecule has 0 heterocycles. The first-order valence-corrected chi connectivity index (χ1v) is 8.55. The Kier molecular flexibility index (Phi) is 4.59. The predicted molar refractivity (Wildman–Crippen MR) is 87.5 cm³/mol. The lowest BCUT2D eigenvalue weighted by atomic mass is 10.0. The summed E-state index contributed by atoms with van der Waals surface area (Å²) in [7, 11) is -3.62. The average molecular weight is 324 g/mol. The topological polar surface area (TPSA) is 46.2 Å². The highest BCUT2D eigenvalue weighted by atomic mass is 35.5. The Balaban J connectivity index is 2.40. The minimum atomic E-state index is -3.62. The third-order valence-corrected chi connectivity index (χ3v) is 5.05. The molecule has 0 radical (unpaired) electrons. The molecule has 1 N–H and O–H groups in total. The van der Waals surface area contributed by atoms with Crippen LogP contribution >= 0.6 is 11.6 Å². The van der Waals surface area contributed by atoms with Crippen molar-refractivity contribution < 1.29 is 8.42 Å². The molecule has 2 aromatic carbocycles. The van der Waals surface area contributed by atoms with Crippen molar-refractivity contribution in [1.82, 2.24) is 0 Å². The molecule has 0 aliphatic carbocycles. The van der Waals surface area contributed by atoms with Gasteiger partial charge in [-0.05, 0) is 48.2 Å². The number of hydrogen-bond donors (Lipinski definition) is 1. The number of aryl methyl sites for hydroxylation is 1. The number of nitrogens with one attached hydrogen (secondary N) is 1. The van der Waals surface area contributed by atoms with Crippen molar-refractivity contribution in [3.8, 4) is 0 Å². The van der Waals surface area contributed by atoms with Gasteiger partial charge in [0.1, 0.15) is 0 Å². The third-order valence-electron chi connectivity index (χ3n) is 3.27. The van der Waals surface area contributed by atoms with Crippen LogP contribution in [0.25, 0.3) is 0 Å². The van der Waals surface area contributed by atoms with Crippen molar-refractivity contribution >= 4 is 27.3 Å². The number of rotatable bonds is 4. The molecule has 0 saturated heterocycles. The van der Waals surface area contributed by atoms with Gasteiger partial charge in [0.25, 0.3) is 10.0 Å². The van der Waals surface area contributed by atoms with Crippen LogP contribution in [0.2, 0.25) is 5.02 Å². The third kappa shape index (κ3) is 3.57. The normalized spacial score (nSPS) is 11.7. The van der Waals surface area contributed by atoms with Gasteiger partial charge in [-0.1, -0.05) is 43.6 Å². The van der Waals surface area contributed by atoms with E-state index in [9.17, 15) is 8.42 Å². The van der Waals surface area contributed by atoms with Crippen LogP contribution in [0, 0.1) is 6.92 Å². The molecule has 112 valence electrons. The Labute approximate surface area is 131 Å². The highest BCUT2D eigenvalue weighted by molar-refractivity contribution is 7.92. The lowest BCUT2D eigenvalue weighted by molar-refractivity contribution is 0.601. The van der Waals surface area contributed by atoms with Crippen LogP contribution in [0.3, 0.4) is 0 Å². The summed E-state index contributed by atoms with van der Waals surface area (Å²) in [5.41, 5.74) is 2.31. The second kappa shape index (κ2) is 6.08. The van der Waals surface area contributed by atoms with Gasteiger partial charge in [0.2, 0.25) is 0 Å². The fourth-order valence-electron chi connectivity index (χ4n) is 2.08. The van der Waals surface area contributed by atoms with E-state index in [0.717, 1.165) is 11.1 Å². The largest absolute Gasteiger partial charge is 0.279 e. The molecular weight excluding hydrogens is 306 g/mol. The zero-order chi connectivity index (χ0) is 15.6. The van der Waals surface area contributed by atoms with E-state index in [1.807, 2.05) is 32.0 Å². The molecule has 21 heavy (non-hydrogen) atoms. The molecule has 0 bridgehead atoms. The zero-order valence-electron chi connectivity index (χ0n) is 12.2. The van der Waals surface area contributed by atoms with Crippen LogP contribution in [0.4, 0.5) is 5.69 Å². The monoisotopic (exact) mass is 323 g/mol. The molecule has 0 atom stereocenters. The van der Waals surface area contributed by atoms with Crippen molar-refractivity contribution in [2.75, 3.05) is 4.72 Å². The molecule has 0 unspecified atom stereocenters.